The lowest BCUT2D eigenvalue weighted by molar-refractivity contribution is -0.120. The van der Waals surface area contributed by atoms with Gasteiger partial charge in [0.2, 0.25) is 5.91 Å². The number of ether oxygens (including phenoxy) is 3. The first kappa shape index (κ1) is 28.1. The summed E-state index contributed by atoms with van der Waals surface area (Å²) in [5.74, 6) is 0.971. The summed E-state index contributed by atoms with van der Waals surface area (Å²) in [5, 5.41) is 3.35. The molecule has 0 heterocycles. The number of methoxy groups -OCH3 is 2. The highest BCUT2D eigenvalue weighted by Gasteiger charge is 2.30. The topological polar surface area (TPSA) is 94.2 Å². The number of hydrogen-bond acceptors (Lipinski definition) is 6. The molecule has 0 radical (unpaired) electrons. The van der Waals surface area contributed by atoms with E-state index in [1.54, 1.807) is 50.4 Å². The summed E-state index contributed by atoms with van der Waals surface area (Å²) < 4.78 is 44.9. The number of benzene rings is 3. The van der Waals surface area contributed by atoms with Crippen molar-refractivity contribution in [1.29, 1.82) is 0 Å². The molecule has 3 aromatic rings. The lowest BCUT2D eigenvalue weighted by Gasteiger charge is -2.27. The van der Waals surface area contributed by atoms with Gasteiger partial charge in [-0.1, -0.05) is 36.7 Å². The Kier molecular flexibility index (Phi) is 9.66. The standard InChI is InChI=1S/C27H31ClN2O6S/c1-5-22(19-11-16-25(34-3)26(17-19)35-4)29-27(31)18-30(23-9-7-8-10-24(23)36-6-2)37(32,33)21-14-12-20(28)13-15-21/h7-17,22H,5-6,18H2,1-4H3,(H,29,31). The molecule has 0 spiro atoms. The molecule has 3 aromatic carbocycles. The third-order valence-electron chi connectivity index (χ3n) is 5.68. The molecule has 0 aliphatic rings. The first-order valence-electron chi connectivity index (χ1n) is 11.8. The molecule has 198 valence electrons. The predicted octanol–water partition coefficient (Wildman–Crippen LogP) is 5.22. The molecule has 3 rings (SSSR count). The minimum atomic E-state index is -4.14. The molecule has 8 nitrogen and oxygen atoms in total. The highest BCUT2D eigenvalue weighted by Crippen LogP contribution is 2.34. The van der Waals surface area contributed by atoms with Crippen LogP contribution in [-0.2, 0) is 14.8 Å². The Hall–Kier alpha value is -3.43. The van der Waals surface area contributed by atoms with E-state index in [0.717, 1.165) is 9.87 Å². The smallest absolute Gasteiger partial charge is 0.264 e. The van der Waals surface area contributed by atoms with Crippen molar-refractivity contribution in [3.05, 3.63) is 77.3 Å². The Labute approximate surface area is 223 Å². The van der Waals surface area contributed by atoms with Crippen LogP contribution in [0.4, 0.5) is 5.69 Å². The van der Waals surface area contributed by atoms with Crippen molar-refractivity contribution in [2.24, 2.45) is 0 Å². The third kappa shape index (κ3) is 6.67. The maximum absolute atomic E-state index is 13.7. The number of sulfonamides is 1. The number of nitrogens with one attached hydrogen (secondary N) is 1. The summed E-state index contributed by atoms with van der Waals surface area (Å²) in [6, 6.07) is 17.5. The number of nitrogens with zero attached hydrogens (tertiary/aromatic N) is 1. The van der Waals surface area contributed by atoms with Gasteiger partial charge in [-0.05, 0) is 67.4 Å². The van der Waals surface area contributed by atoms with Gasteiger partial charge in [0.05, 0.1) is 37.5 Å². The largest absolute Gasteiger partial charge is 0.493 e. The zero-order valence-electron chi connectivity index (χ0n) is 21.2. The van der Waals surface area contributed by atoms with Crippen molar-refractivity contribution < 1.29 is 27.4 Å². The number of amides is 1. The van der Waals surface area contributed by atoms with Gasteiger partial charge < -0.3 is 19.5 Å². The Morgan fingerprint density at radius 2 is 1.62 bits per heavy atom. The van der Waals surface area contributed by atoms with Gasteiger partial charge in [-0.15, -0.1) is 0 Å². The van der Waals surface area contributed by atoms with Crippen LogP contribution >= 0.6 is 11.6 Å². The molecule has 1 N–H and O–H groups in total. The van der Waals surface area contributed by atoms with Gasteiger partial charge in [0, 0.05) is 5.02 Å². The van der Waals surface area contributed by atoms with Crippen molar-refractivity contribution in [3.8, 4) is 17.2 Å². The first-order valence-corrected chi connectivity index (χ1v) is 13.6. The summed E-state index contributed by atoms with van der Waals surface area (Å²) >= 11 is 5.97. The highest BCUT2D eigenvalue weighted by molar-refractivity contribution is 7.92. The van der Waals surface area contributed by atoms with E-state index in [0.29, 0.717) is 35.3 Å². The van der Waals surface area contributed by atoms with Crippen molar-refractivity contribution in [3.63, 3.8) is 0 Å². The SMILES string of the molecule is CCOc1ccccc1N(CC(=O)NC(CC)c1ccc(OC)c(OC)c1)S(=O)(=O)c1ccc(Cl)cc1. The van der Waals surface area contributed by atoms with E-state index in [-0.39, 0.29) is 16.6 Å². The van der Waals surface area contributed by atoms with E-state index in [1.807, 2.05) is 13.0 Å². The third-order valence-corrected chi connectivity index (χ3v) is 7.70. The van der Waals surface area contributed by atoms with Gasteiger partial charge in [-0.3, -0.25) is 9.10 Å². The molecule has 10 heteroatoms. The van der Waals surface area contributed by atoms with Crippen molar-refractivity contribution >= 4 is 33.2 Å². The number of carbonyl (C=O) groups is 1. The number of halogens is 1. The molecule has 0 aromatic heterocycles. The van der Waals surface area contributed by atoms with Crippen LogP contribution in [0.15, 0.2) is 71.6 Å². The second-order valence-electron chi connectivity index (χ2n) is 8.01. The van der Waals surface area contributed by atoms with Gasteiger partial charge in [0.25, 0.3) is 10.0 Å². The van der Waals surface area contributed by atoms with Crippen LogP contribution in [0.1, 0.15) is 31.9 Å². The molecule has 37 heavy (non-hydrogen) atoms. The van der Waals surface area contributed by atoms with Gasteiger partial charge in [-0.25, -0.2) is 8.42 Å². The molecule has 1 atom stereocenters. The highest BCUT2D eigenvalue weighted by atomic mass is 35.5. The molecule has 1 unspecified atom stereocenters. The lowest BCUT2D eigenvalue weighted by atomic mass is 10.0. The number of anilines is 1. The van der Waals surface area contributed by atoms with Crippen molar-refractivity contribution in [1.82, 2.24) is 5.32 Å². The van der Waals surface area contributed by atoms with Crippen LogP contribution in [0, 0.1) is 0 Å². The van der Waals surface area contributed by atoms with E-state index in [2.05, 4.69) is 5.32 Å². The summed E-state index contributed by atoms with van der Waals surface area (Å²) in [6.07, 6.45) is 0.570. The molecular formula is C27H31ClN2O6S. The van der Waals surface area contributed by atoms with Crippen LogP contribution in [0.25, 0.3) is 0 Å². The number of rotatable bonds is 12. The minimum absolute atomic E-state index is 0.00272. The molecule has 0 bridgehead atoms. The quantitative estimate of drug-likeness (QED) is 0.335. The Morgan fingerprint density at radius 1 is 0.946 bits per heavy atom. The number of hydrogen-bond donors (Lipinski definition) is 1. The first-order chi connectivity index (χ1) is 17.7. The lowest BCUT2D eigenvalue weighted by Crippen LogP contribution is -2.42. The average molecular weight is 547 g/mol. The maximum Gasteiger partial charge on any atom is 0.264 e. The van der Waals surface area contributed by atoms with E-state index in [1.165, 1.54) is 31.4 Å². The summed E-state index contributed by atoms with van der Waals surface area (Å²) in [4.78, 5) is 13.3. The zero-order valence-corrected chi connectivity index (χ0v) is 22.8. The fourth-order valence-corrected chi connectivity index (χ4v) is 5.39. The second kappa shape index (κ2) is 12.7. The predicted molar refractivity (Wildman–Crippen MR) is 144 cm³/mol. The molecule has 1 amide bonds. The minimum Gasteiger partial charge on any atom is -0.493 e. The summed E-state index contributed by atoms with van der Waals surface area (Å²) in [6.45, 7) is 3.60. The molecule has 0 saturated carbocycles. The van der Waals surface area contributed by atoms with Crippen LogP contribution in [0.5, 0.6) is 17.2 Å². The summed E-state index contributed by atoms with van der Waals surface area (Å²) in [7, 11) is -1.05. The molecule has 0 aliphatic carbocycles. The zero-order chi connectivity index (χ0) is 27.0. The summed E-state index contributed by atoms with van der Waals surface area (Å²) in [5.41, 5.74) is 1.06. The molecule has 0 saturated heterocycles. The average Bonchev–Trinajstić information content (AvgIpc) is 2.90. The van der Waals surface area contributed by atoms with E-state index in [9.17, 15) is 13.2 Å². The fraction of sp³-hybridized carbons (Fsp3) is 0.296. The van der Waals surface area contributed by atoms with Gasteiger partial charge >= 0.3 is 0 Å². The Balaban J connectivity index is 1.96. The van der Waals surface area contributed by atoms with Crippen LogP contribution < -0.4 is 23.8 Å². The molecule has 0 aliphatic heterocycles. The molecule has 0 fully saturated rings. The van der Waals surface area contributed by atoms with E-state index >= 15 is 0 Å². The van der Waals surface area contributed by atoms with E-state index in [4.69, 9.17) is 25.8 Å². The number of para-hydroxylation sites is 2. The van der Waals surface area contributed by atoms with Gasteiger partial charge in [0.1, 0.15) is 12.3 Å². The maximum atomic E-state index is 13.7. The van der Waals surface area contributed by atoms with Gasteiger partial charge in [-0.2, -0.15) is 0 Å². The number of carbonyl (C=O) groups excluding carboxylic acids is 1. The fourth-order valence-electron chi connectivity index (χ4n) is 3.84. The van der Waals surface area contributed by atoms with Crippen molar-refractivity contribution in [2.45, 2.75) is 31.2 Å². The van der Waals surface area contributed by atoms with Gasteiger partial charge in [0.15, 0.2) is 11.5 Å². The Bertz CT molecular complexity index is 1310. The Morgan fingerprint density at radius 3 is 2.24 bits per heavy atom. The van der Waals surface area contributed by atoms with Crippen LogP contribution in [-0.4, -0.2) is 41.7 Å². The van der Waals surface area contributed by atoms with Crippen LogP contribution in [0.2, 0.25) is 5.02 Å². The van der Waals surface area contributed by atoms with E-state index < -0.39 is 22.5 Å². The molecular weight excluding hydrogens is 516 g/mol. The van der Waals surface area contributed by atoms with Crippen LogP contribution in [0.3, 0.4) is 0 Å². The monoisotopic (exact) mass is 546 g/mol. The second-order valence-corrected chi connectivity index (χ2v) is 10.3. The normalized spacial score (nSPS) is 11.9. The van der Waals surface area contributed by atoms with Crippen molar-refractivity contribution in [2.75, 3.05) is 31.7 Å².